The van der Waals surface area contributed by atoms with Crippen LogP contribution in [0.25, 0.3) is 0 Å². The van der Waals surface area contributed by atoms with E-state index >= 15 is 0 Å². The van der Waals surface area contributed by atoms with Crippen LogP contribution in [0.3, 0.4) is 0 Å². The molecule has 0 heterocycles. The van der Waals surface area contributed by atoms with Crippen LogP contribution in [0.4, 0.5) is 0 Å². The fourth-order valence-electron chi connectivity index (χ4n) is 2.63. The first-order valence-electron chi connectivity index (χ1n) is 7.98. The van der Waals surface area contributed by atoms with Gasteiger partial charge in [0.15, 0.2) is 0 Å². The molecule has 1 aliphatic carbocycles. The molecule has 0 aromatic heterocycles. The lowest BCUT2D eigenvalue weighted by Crippen LogP contribution is -2.00. The van der Waals surface area contributed by atoms with Crippen LogP contribution >= 0.6 is 0 Å². The second-order valence-corrected chi connectivity index (χ2v) is 5.44. The van der Waals surface area contributed by atoms with Crippen molar-refractivity contribution in [2.75, 3.05) is 0 Å². The van der Waals surface area contributed by atoms with Gasteiger partial charge < -0.3 is 0 Å². The van der Waals surface area contributed by atoms with E-state index < -0.39 is 0 Å². The topological polar surface area (TPSA) is 0 Å². The van der Waals surface area contributed by atoms with Crippen molar-refractivity contribution in [1.82, 2.24) is 0 Å². The molecule has 0 aromatic rings. The Hall–Kier alpha value is -1.04. The molecular formula is C19H30. The zero-order valence-electron chi connectivity index (χ0n) is 13.0. The summed E-state index contributed by atoms with van der Waals surface area (Å²) in [4.78, 5) is 0. The summed E-state index contributed by atoms with van der Waals surface area (Å²) in [6.07, 6.45) is 22.7. The third-order valence-corrected chi connectivity index (χ3v) is 3.93. The fourth-order valence-corrected chi connectivity index (χ4v) is 2.63. The molecule has 0 spiro atoms. The Balaban J connectivity index is 2.24. The lowest BCUT2D eigenvalue weighted by Gasteiger charge is -2.16. The Bertz CT molecular complexity index is 352. The SMILES string of the molecule is CC=CC=C(CC)CCCCC1C=C(CC)C=CC1. The molecule has 19 heavy (non-hydrogen) atoms. The molecule has 0 bridgehead atoms. The summed E-state index contributed by atoms with van der Waals surface area (Å²) in [6.45, 7) is 6.59. The Morgan fingerprint density at radius 1 is 1.32 bits per heavy atom. The molecule has 0 nitrogen and oxygen atoms in total. The molecule has 1 aliphatic rings. The highest BCUT2D eigenvalue weighted by Crippen LogP contribution is 2.24. The van der Waals surface area contributed by atoms with Gasteiger partial charge in [0, 0.05) is 0 Å². The minimum Gasteiger partial charge on any atom is -0.0877 e. The molecule has 0 heteroatoms. The van der Waals surface area contributed by atoms with E-state index in [0.717, 1.165) is 5.92 Å². The molecule has 0 N–H and O–H groups in total. The summed E-state index contributed by atoms with van der Waals surface area (Å²) >= 11 is 0. The van der Waals surface area contributed by atoms with Gasteiger partial charge in [-0.25, -0.2) is 0 Å². The minimum absolute atomic E-state index is 0.796. The largest absolute Gasteiger partial charge is 0.0877 e. The molecule has 0 saturated carbocycles. The van der Waals surface area contributed by atoms with Gasteiger partial charge in [-0.1, -0.05) is 67.9 Å². The zero-order valence-corrected chi connectivity index (χ0v) is 13.0. The van der Waals surface area contributed by atoms with Gasteiger partial charge in [0.1, 0.15) is 0 Å². The zero-order chi connectivity index (χ0) is 13.9. The smallest absolute Gasteiger partial charge is 0.0193 e. The maximum Gasteiger partial charge on any atom is -0.0193 e. The molecule has 1 rings (SSSR count). The first-order chi connectivity index (χ1) is 9.30. The quantitative estimate of drug-likeness (QED) is 0.350. The van der Waals surface area contributed by atoms with Crippen molar-refractivity contribution in [3.8, 4) is 0 Å². The molecule has 0 aromatic carbocycles. The lowest BCUT2D eigenvalue weighted by atomic mass is 9.90. The van der Waals surface area contributed by atoms with E-state index in [-0.39, 0.29) is 0 Å². The van der Waals surface area contributed by atoms with E-state index in [1.807, 2.05) is 0 Å². The van der Waals surface area contributed by atoms with Crippen LogP contribution in [0.2, 0.25) is 0 Å². The highest BCUT2D eigenvalue weighted by molar-refractivity contribution is 5.23. The van der Waals surface area contributed by atoms with Crippen LogP contribution < -0.4 is 0 Å². The molecule has 1 unspecified atom stereocenters. The molecule has 0 radical (unpaired) electrons. The Kier molecular flexibility index (Phi) is 8.29. The van der Waals surface area contributed by atoms with Crippen molar-refractivity contribution >= 4 is 0 Å². The van der Waals surface area contributed by atoms with Gasteiger partial charge in [0.25, 0.3) is 0 Å². The van der Waals surface area contributed by atoms with Crippen LogP contribution in [-0.2, 0) is 0 Å². The van der Waals surface area contributed by atoms with E-state index in [1.54, 1.807) is 5.57 Å². The van der Waals surface area contributed by atoms with Crippen LogP contribution in [0.5, 0.6) is 0 Å². The van der Waals surface area contributed by atoms with Crippen molar-refractivity contribution in [1.29, 1.82) is 0 Å². The van der Waals surface area contributed by atoms with Crippen molar-refractivity contribution in [3.63, 3.8) is 0 Å². The van der Waals surface area contributed by atoms with Crippen LogP contribution in [0, 0.1) is 5.92 Å². The maximum absolute atomic E-state index is 2.50. The Morgan fingerprint density at radius 3 is 2.84 bits per heavy atom. The van der Waals surface area contributed by atoms with Crippen molar-refractivity contribution in [2.45, 2.75) is 65.7 Å². The van der Waals surface area contributed by atoms with Gasteiger partial charge in [-0.15, -0.1) is 0 Å². The second kappa shape index (κ2) is 9.83. The maximum atomic E-state index is 2.50. The molecule has 0 fully saturated rings. The van der Waals surface area contributed by atoms with E-state index in [0.29, 0.717) is 0 Å². The lowest BCUT2D eigenvalue weighted by molar-refractivity contribution is 0.539. The molecule has 106 valence electrons. The number of allylic oxidation sites excluding steroid dienone is 8. The summed E-state index contributed by atoms with van der Waals surface area (Å²) in [5.41, 5.74) is 3.12. The number of unbranched alkanes of at least 4 members (excludes halogenated alkanes) is 1. The minimum atomic E-state index is 0.796. The summed E-state index contributed by atoms with van der Waals surface area (Å²) in [6, 6.07) is 0. The van der Waals surface area contributed by atoms with Gasteiger partial charge >= 0.3 is 0 Å². The van der Waals surface area contributed by atoms with Gasteiger partial charge in [-0.3, -0.25) is 0 Å². The van der Waals surface area contributed by atoms with Gasteiger partial charge in [-0.05, 0) is 51.4 Å². The van der Waals surface area contributed by atoms with Crippen molar-refractivity contribution in [3.05, 3.63) is 47.6 Å². The van der Waals surface area contributed by atoms with Crippen LogP contribution in [0.15, 0.2) is 47.6 Å². The van der Waals surface area contributed by atoms with Crippen molar-refractivity contribution in [2.24, 2.45) is 5.92 Å². The summed E-state index contributed by atoms with van der Waals surface area (Å²) < 4.78 is 0. The van der Waals surface area contributed by atoms with E-state index in [4.69, 9.17) is 0 Å². The van der Waals surface area contributed by atoms with Gasteiger partial charge in [-0.2, -0.15) is 0 Å². The average molecular weight is 258 g/mol. The molecular weight excluding hydrogens is 228 g/mol. The molecule has 0 amide bonds. The van der Waals surface area contributed by atoms with Gasteiger partial charge in [0.2, 0.25) is 0 Å². The summed E-state index contributed by atoms with van der Waals surface area (Å²) in [5, 5.41) is 0. The second-order valence-electron chi connectivity index (χ2n) is 5.44. The first-order valence-corrected chi connectivity index (χ1v) is 7.98. The predicted molar refractivity (Wildman–Crippen MR) is 87.3 cm³/mol. The molecule has 1 atom stereocenters. The highest BCUT2D eigenvalue weighted by Gasteiger charge is 2.08. The average Bonchev–Trinajstić information content (AvgIpc) is 2.47. The van der Waals surface area contributed by atoms with E-state index in [9.17, 15) is 0 Å². The molecule has 0 aliphatic heterocycles. The van der Waals surface area contributed by atoms with Crippen LogP contribution in [-0.4, -0.2) is 0 Å². The van der Waals surface area contributed by atoms with Crippen molar-refractivity contribution < 1.29 is 0 Å². The number of hydrogen-bond donors (Lipinski definition) is 0. The first kappa shape index (κ1) is 16.0. The van der Waals surface area contributed by atoms with Crippen LogP contribution in [0.1, 0.15) is 65.7 Å². The fraction of sp³-hybridized carbons (Fsp3) is 0.579. The van der Waals surface area contributed by atoms with E-state index in [1.165, 1.54) is 50.5 Å². The highest BCUT2D eigenvalue weighted by atomic mass is 14.1. The third-order valence-electron chi connectivity index (χ3n) is 3.93. The summed E-state index contributed by atoms with van der Waals surface area (Å²) in [7, 11) is 0. The monoisotopic (exact) mass is 258 g/mol. The Morgan fingerprint density at radius 2 is 2.16 bits per heavy atom. The van der Waals surface area contributed by atoms with E-state index in [2.05, 4.69) is 57.2 Å². The van der Waals surface area contributed by atoms with Gasteiger partial charge in [0.05, 0.1) is 0 Å². The molecule has 0 saturated heterocycles. The number of hydrogen-bond acceptors (Lipinski definition) is 0. The normalized spacial score (nSPS) is 20.1. The summed E-state index contributed by atoms with van der Waals surface area (Å²) in [5.74, 6) is 0.796. The standard InChI is InChI=1S/C19H30/c1-4-7-11-17(5-2)12-8-9-13-19-15-10-14-18(6-3)16-19/h4,7,10-11,14,16,19H,5-6,8-9,12-13,15H2,1-3H3. The third kappa shape index (κ3) is 6.61. The Labute approximate surface area is 120 Å². The predicted octanol–water partition coefficient (Wildman–Crippen LogP) is 6.37. The number of rotatable bonds is 8.